The van der Waals surface area contributed by atoms with E-state index in [-0.39, 0.29) is 0 Å². The minimum atomic E-state index is 0.476. The molecule has 1 atom stereocenters. The fraction of sp³-hybridized carbons (Fsp3) is 1.00. The summed E-state index contributed by atoms with van der Waals surface area (Å²) >= 11 is 0. The third kappa shape index (κ3) is 6.75. The average Bonchev–Trinajstić information content (AvgIpc) is 2.80. The molecule has 1 saturated carbocycles. The van der Waals surface area contributed by atoms with Gasteiger partial charge in [0.05, 0.1) is 6.61 Å². The summed E-state index contributed by atoms with van der Waals surface area (Å²) < 4.78 is 5.10. The fourth-order valence-corrected chi connectivity index (χ4v) is 3.01. The van der Waals surface area contributed by atoms with E-state index in [1.54, 1.807) is 7.11 Å². The second kappa shape index (κ2) is 8.16. The van der Waals surface area contributed by atoms with Gasteiger partial charge in [0.15, 0.2) is 0 Å². The number of rotatable bonds is 8. The van der Waals surface area contributed by atoms with Crippen LogP contribution in [-0.4, -0.2) is 26.8 Å². The van der Waals surface area contributed by atoms with Gasteiger partial charge in [-0.15, -0.1) is 0 Å². The molecule has 108 valence electrons. The number of hydrogen-bond acceptors (Lipinski definition) is 2. The summed E-state index contributed by atoms with van der Waals surface area (Å²) in [5.74, 6) is 1.85. The van der Waals surface area contributed by atoms with E-state index < -0.39 is 0 Å². The monoisotopic (exact) mass is 255 g/mol. The lowest BCUT2D eigenvalue weighted by atomic mass is 9.81. The lowest BCUT2D eigenvalue weighted by Crippen LogP contribution is -2.30. The summed E-state index contributed by atoms with van der Waals surface area (Å²) in [5, 5.41) is 3.57. The summed E-state index contributed by atoms with van der Waals surface area (Å²) in [6.45, 7) is 10.1. The molecule has 0 radical (unpaired) electrons. The van der Waals surface area contributed by atoms with Crippen molar-refractivity contribution >= 4 is 0 Å². The number of hydrogen-bond donors (Lipinski definition) is 1. The van der Waals surface area contributed by atoms with Gasteiger partial charge in [-0.25, -0.2) is 0 Å². The van der Waals surface area contributed by atoms with E-state index in [1.807, 2.05) is 0 Å². The molecule has 1 fully saturated rings. The van der Waals surface area contributed by atoms with Gasteiger partial charge in [-0.3, -0.25) is 0 Å². The van der Waals surface area contributed by atoms with Crippen LogP contribution >= 0.6 is 0 Å². The maximum absolute atomic E-state index is 5.10. The molecule has 2 nitrogen and oxygen atoms in total. The summed E-state index contributed by atoms with van der Waals surface area (Å²) in [4.78, 5) is 0. The Hall–Kier alpha value is -0.0800. The molecular formula is C16H33NO. The maximum Gasteiger partial charge on any atom is 0.0587 e. The topological polar surface area (TPSA) is 21.3 Å². The molecule has 1 aliphatic carbocycles. The molecule has 0 saturated heterocycles. The SMILES string of the molecule is COCCNCC(CCC(C)(C)C)C1CCCC1. The van der Waals surface area contributed by atoms with Crippen molar-refractivity contribution in [3.63, 3.8) is 0 Å². The Balaban J connectivity index is 2.31. The molecular weight excluding hydrogens is 222 g/mol. The Bertz CT molecular complexity index is 204. The summed E-state index contributed by atoms with van der Waals surface area (Å²) in [6, 6.07) is 0. The van der Waals surface area contributed by atoms with Gasteiger partial charge in [-0.2, -0.15) is 0 Å². The van der Waals surface area contributed by atoms with E-state index in [0.717, 1.165) is 25.0 Å². The van der Waals surface area contributed by atoms with Crippen LogP contribution in [0.5, 0.6) is 0 Å². The number of methoxy groups -OCH3 is 1. The van der Waals surface area contributed by atoms with Crippen molar-refractivity contribution in [3.05, 3.63) is 0 Å². The molecule has 0 aromatic carbocycles. The fourth-order valence-electron chi connectivity index (χ4n) is 3.01. The van der Waals surface area contributed by atoms with Crippen LogP contribution in [0.1, 0.15) is 59.3 Å². The number of ether oxygens (including phenoxy) is 1. The molecule has 0 amide bonds. The first-order valence-electron chi connectivity index (χ1n) is 7.72. The van der Waals surface area contributed by atoms with Gasteiger partial charge in [-0.1, -0.05) is 46.5 Å². The summed E-state index contributed by atoms with van der Waals surface area (Å²) in [6.07, 6.45) is 8.55. The highest BCUT2D eigenvalue weighted by atomic mass is 16.5. The van der Waals surface area contributed by atoms with Crippen molar-refractivity contribution in [3.8, 4) is 0 Å². The van der Waals surface area contributed by atoms with Crippen LogP contribution in [0.15, 0.2) is 0 Å². The third-order valence-electron chi connectivity index (χ3n) is 4.22. The first kappa shape index (κ1) is 16.0. The molecule has 0 spiro atoms. The van der Waals surface area contributed by atoms with Crippen LogP contribution in [0.4, 0.5) is 0 Å². The Morgan fingerprint density at radius 3 is 2.44 bits per heavy atom. The smallest absolute Gasteiger partial charge is 0.0587 e. The van der Waals surface area contributed by atoms with E-state index >= 15 is 0 Å². The molecule has 1 unspecified atom stereocenters. The second-order valence-electron chi connectivity index (χ2n) is 7.10. The van der Waals surface area contributed by atoms with Crippen LogP contribution in [0.2, 0.25) is 0 Å². The molecule has 18 heavy (non-hydrogen) atoms. The van der Waals surface area contributed by atoms with Crippen molar-refractivity contribution in [1.82, 2.24) is 5.32 Å². The highest BCUT2D eigenvalue weighted by Crippen LogP contribution is 2.35. The largest absolute Gasteiger partial charge is 0.383 e. The van der Waals surface area contributed by atoms with Gasteiger partial charge in [0.2, 0.25) is 0 Å². The molecule has 0 bridgehead atoms. The van der Waals surface area contributed by atoms with Gasteiger partial charge in [0, 0.05) is 13.7 Å². The van der Waals surface area contributed by atoms with Crippen LogP contribution in [-0.2, 0) is 4.74 Å². The minimum absolute atomic E-state index is 0.476. The van der Waals surface area contributed by atoms with Gasteiger partial charge in [0.1, 0.15) is 0 Å². The molecule has 0 aromatic heterocycles. The summed E-state index contributed by atoms with van der Waals surface area (Å²) in [5.41, 5.74) is 0.476. The lowest BCUT2D eigenvalue weighted by molar-refractivity contribution is 0.191. The van der Waals surface area contributed by atoms with Crippen LogP contribution in [0, 0.1) is 17.3 Å². The molecule has 0 heterocycles. The standard InChI is InChI=1S/C16H33NO/c1-16(2,3)10-9-15(13-17-11-12-18-4)14-7-5-6-8-14/h14-15,17H,5-13H2,1-4H3. The maximum atomic E-state index is 5.10. The molecule has 2 heteroatoms. The summed E-state index contributed by atoms with van der Waals surface area (Å²) in [7, 11) is 1.77. The highest BCUT2D eigenvalue weighted by Gasteiger charge is 2.25. The molecule has 1 rings (SSSR count). The zero-order chi connectivity index (χ0) is 13.4. The van der Waals surface area contributed by atoms with Crippen molar-refractivity contribution in [2.75, 3.05) is 26.8 Å². The van der Waals surface area contributed by atoms with E-state index in [4.69, 9.17) is 4.74 Å². The Labute approximate surface area is 114 Å². The Morgan fingerprint density at radius 1 is 1.22 bits per heavy atom. The van der Waals surface area contributed by atoms with Crippen LogP contribution < -0.4 is 5.32 Å². The van der Waals surface area contributed by atoms with E-state index in [2.05, 4.69) is 26.1 Å². The van der Waals surface area contributed by atoms with Crippen molar-refractivity contribution in [1.29, 1.82) is 0 Å². The van der Waals surface area contributed by atoms with Crippen molar-refractivity contribution in [2.45, 2.75) is 59.3 Å². The lowest BCUT2D eigenvalue weighted by Gasteiger charge is -2.27. The second-order valence-corrected chi connectivity index (χ2v) is 7.10. The average molecular weight is 255 g/mol. The van der Waals surface area contributed by atoms with E-state index in [1.165, 1.54) is 45.1 Å². The first-order chi connectivity index (χ1) is 8.53. The zero-order valence-electron chi connectivity index (χ0n) is 12.9. The van der Waals surface area contributed by atoms with E-state index in [9.17, 15) is 0 Å². The van der Waals surface area contributed by atoms with Gasteiger partial charge in [-0.05, 0) is 36.6 Å². The number of nitrogens with one attached hydrogen (secondary N) is 1. The van der Waals surface area contributed by atoms with E-state index in [0.29, 0.717) is 5.41 Å². The molecule has 1 N–H and O–H groups in total. The first-order valence-corrected chi connectivity index (χ1v) is 7.72. The Morgan fingerprint density at radius 2 is 1.89 bits per heavy atom. The Kier molecular flexibility index (Phi) is 7.25. The van der Waals surface area contributed by atoms with Crippen LogP contribution in [0.3, 0.4) is 0 Å². The predicted molar refractivity (Wildman–Crippen MR) is 78.9 cm³/mol. The normalized spacial score (nSPS) is 19.3. The quantitative estimate of drug-likeness (QED) is 0.665. The predicted octanol–water partition coefficient (Wildman–Crippen LogP) is 3.86. The molecule has 1 aliphatic rings. The zero-order valence-corrected chi connectivity index (χ0v) is 12.9. The van der Waals surface area contributed by atoms with Crippen molar-refractivity contribution in [2.24, 2.45) is 17.3 Å². The van der Waals surface area contributed by atoms with Crippen molar-refractivity contribution < 1.29 is 4.74 Å². The minimum Gasteiger partial charge on any atom is -0.383 e. The van der Waals surface area contributed by atoms with Crippen LogP contribution in [0.25, 0.3) is 0 Å². The highest BCUT2D eigenvalue weighted by molar-refractivity contribution is 4.78. The van der Waals surface area contributed by atoms with Gasteiger partial charge in [0.25, 0.3) is 0 Å². The van der Waals surface area contributed by atoms with Gasteiger partial charge < -0.3 is 10.1 Å². The van der Waals surface area contributed by atoms with Gasteiger partial charge >= 0.3 is 0 Å². The third-order valence-corrected chi connectivity index (χ3v) is 4.22. The molecule has 0 aliphatic heterocycles. The molecule has 0 aromatic rings.